The number of pyridine rings is 1. The van der Waals surface area contributed by atoms with Crippen LogP contribution >= 0.6 is 11.3 Å². The minimum Gasteiger partial charge on any atom is -0.378 e. The number of carbonyl (C=O) groups is 1. The van der Waals surface area contributed by atoms with Gasteiger partial charge >= 0.3 is 0 Å². The van der Waals surface area contributed by atoms with Crippen LogP contribution < -0.4 is 10.9 Å². The highest BCUT2D eigenvalue weighted by molar-refractivity contribution is 7.14. The molecule has 6 nitrogen and oxygen atoms in total. The Morgan fingerprint density at radius 2 is 2.26 bits per heavy atom. The van der Waals surface area contributed by atoms with E-state index < -0.39 is 11.5 Å². The first-order valence-corrected chi connectivity index (χ1v) is 8.40. The molecule has 1 atom stereocenters. The van der Waals surface area contributed by atoms with Gasteiger partial charge in [-0.2, -0.15) is 0 Å². The van der Waals surface area contributed by atoms with Crippen LogP contribution in [0.15, 0.2) is 28.4 Å². The summed E-state index contributed by atoms with van der Waals surface area (Å²) in [7, 11) is 0. The Labute approximate surface area is 137 Å². The van der Waals surface area contributed by atoms with Crippen molar-refractivity contribution in [3.05, 3.63) is 45.3 Å². The topological polar surface area (TPSA) is 84.2 Å². The third-order valence-corrected chi connectivity index (χ3v) is 4.74. The lowest BCUT2D eigenvalue weighted by Crippen LogP contribution is -2.46. The summed E-state index contributed by atoms with van der Waals surface area (Å²) in [6, 6.07) is 4.82. The number of hydrogen-bond acceptors (Lipinski definition) is 5. The summed E-state index contributed by atoms with van der Waals surface area (Å²) in [5.74, 6) is -0.0488. The van der Waals surface area contributed by atoms with Crippen molar-refractivity contribution in [1.29, 1.82) is 0 Å². The maximum atomic E-state index is 12.3. The molecule has 0 spiro atoms. The van der Waals surface area contributed by atoms with Gasteiger partial charge in [0.05, 0.1) is 12.2 Å². The Balaban J connectivity index is 1.72. The SMILES string of the molecule is Cc1cccc(=O)n1CC(C)(O)C(=O)Nc1nc(C2CC2)cs1. The van der Waals surface area contributed by atoms with Gasteiger partial charge in [0, 0.05) is 23.1 Å². The van der Waals surface area contributed by atoms with E-state index in [0.717, 1.165) is 18.5 Å². The quantitative estimate of drug-likeness (QED) is 0.875. The van der Waals surface area contributed by atoms with Gasteiger partial charge in [-0.25, -0.2) is 4.98 Å². The average Bonchev–Trinajstić information content (AvgIpc) is 3.23. The first-order chi connectivity index (χ1) is 10.9. The minimum atomic E-state index is -1.71. The zero-order chi connectivity index (χ0) is 16.6. The molecule has 23 heavy (non-hydrogen) atoms. The van der Waals surface area contributed by atoms with E-state index in [-0.39, 0.29) is 12.1 Å². The van der Waals surface area contributed by atoms with Crippen LogP contribution in [0.2, 0.25) is 0 Å². The Morgan fingerprint density at radius 1 is 1.52 bits per heavy atom. The van der Waals surface area contributed by atoms with Crippen LogP contribution in [0.25, 0.3) is 0 Å². The number of anilines is 1. The van der Waals surface area contributed by atoms with Crippen molar-refractivity contribution in [1.82, 2.24) is 9.55 Å². The Kier molecular flexibility index (Phi) is 4.08. The van der Waals surface area contributed by atoms with E-state index in [9.17, 15) is 14.7 Å². The molecule has 0 bridgehead atoms. The lowest BCUT2D eigenvalue weighted by molar-refractivity contribution is -0.133. The van der Waals surface area contributed by atoms with Gasteiger partial charge in [-0.15, -0.1) is 11.3 Å². The average molecular weight is 333 g/mol. The minimum absolute atomic E-state index is 0.106. The number of thiazole rings is 1. The Bertz CT molecular complexity index is 790. The number of aromatic nitrogens is 2. The molecule has 2 aromatic rings. The molecule has 3 rings (SSSR count). The van der Waals surface area contributed by atoms with Crippen LogP contribution in [-0.2, 0) is 11.3 Å². The summed E-state index contributed by atoms with van der Waals surface area (Å²) >= 11 is 1.35. The second kappa shape index (κ2) is 5.90. The fraction of sp³-hybridized carbons (Fsp3) is 0.438. The predicted molar refractivity (Wildman–Crippen MR) is 88.8 cm³/mol. The van der Waals surface area contributed by atoms with Crippen molar-refractivity contribution >= 4 is 22.4 Å². The van der Waals surface area contributed by atoms with Gasteiger partial charge in [-0.3, -0.25) is 14.9 Å². The summed E-state index contributed by atoms with van der Waals surface area (Å²) < 4.78 is 1.39. The Morgan fingerprint density at radius 3 is 2.91 bits per heavy atom. The molecule has 1 fully saturated rings. The molecule has 122 valence electrons. The smallest absolute Gasteiger partial charge is 0.259 e. The molecule has 1 aliphatic rings. The molecule has 1 unspecified atom stereocenters. The lowest BCUT2D eigenvalue weighted by Gasteiger charge is -2.23. The van der Waals surface area contributed by atoms with Crippen LogP contribution in [0.1, 0.15) is 37.1 Å². The van der Waals surface area contributed by atoms with Crippen LogP contribution in [-0.4, -0.2) is 26.2 Å². The lowest BCUT2D eigenvalue weighted by atomic mass is 10.1. The first kappa shape index (κ1) is 15.9. The van der Waals surface area contributed by atoms with E-state index >= 15 is 0 Å². The summed E-state index contributed by atoms with van der Waals surface area (Å²) in [4.78, 5) is 28.6. The van der Waals surface area contributed by atoms with Crippen molar-refractivity contribution in [3.63, 3.8) is 0 Å². The molecule has 2 N–H and O–H groups in total. The summed E-state index contributed by atoms with van der Waals surface area (Å²) in [6.07, 6.45) is 2.29. The highest BCUT2D eigenvalue weighted by Gasteiger charge is 2.33. The van der Waals surface area contributed by atoms with E-state index in [1.165, 1.54) is 28.9 Å². The summed E-state index contributed by atoms with van der Waals surface area (Å²) in [5.41, 5.74) is -0.263. The van der Waals surface area contributed by atoms with E-state index in [1.807, 2.05) is 5.38 Å². The van der Waals surface area contributed by atoms with Gasteiger partial charge in [0.25, 0.3) is 11.5 Å². The zero-order valence-electron chi connectivity index (χ0n) is 13.1. The van der Waals surface area contributed by atoms with Gasteiger partial charge in [0.15, 0.2) is 10.7 Å². The second-order valence-electron chi connectivity index (χ2n) is 6.17. The molecular weight excluding hydrogens is 314 g/mol. The number of nitrogens with zero attached hydrogens (tertiary/aromatic N) is 2. The maximum Gasteiger partial charge on any atom is 0.259 e. The third kappa shape index (κ3) is 3.51. The molecule has 1 aliphatic carbocycles. The molecule has 7 heteroatoms. The van der Waals surface area contributed by atoms with Gasteiger partial charge in [-0.1, -0.05) is 6.07 Å². The molecule has 1 saturated carbocycles. The van der Waals surface area contributed by atoms with Gasteiger partial charge in [-0.05, 0) is 32.8 Å². The molecule has 0 saturated heterocycles. The van der Waals surface area contributed by atoms with E-state index in [2.05, 4.69) is 10.3 Å². The zero-order valence-corrected chi connectivity index (χ0v) is 13.9. The van der Waals surface area contributed by atoms with Crippen molar-refractivity contribution in [3.8, 4) is 0 Å². The van der Waals surface area contributed by atoms with Gasteiger partial charge in [0.1, 0.15) is 0 Å². The monoisotopic (exact) mass is 333 g/mol. The van der Waals surface area contributed by atoms with Crippen molar-refractivity contribution in [2.45, 2.75) is 44.8 Å². The van der Waals surface area contributed by atoms with E-state index in [4.69, 9.17) is 0 Å². The van der Waals surface area contributed by atoms with Crippen molar-refractivity contribution in [2.24, 2.45) is 0 Å². The standard InChI is InChI=1S/C16H19N3O3S/c1-10-4-3-5-13(20)19(10)9-16(2,22)14(21)18-15-17-12(8-23-15)11-6-7-11/h3-5,8,11,22H,6-7,9H2,1-2H3,(H,17,18,21). The van der Waals surface area contributed by atoms with Crippen LogP contribution in [0.3, 0.4) is 0 Å². The van der Waals surface area contributed by atoms with Crippen LogP contribution in [0, 0.1) is 6.92 Å². The number of amides is 1. The number of carbonyl (C=O) groups excluding carboxylic acids is 1. The second-order valence-corrected chi connectivity index (χ2v) is 7.03. The summed E-state index contributed by atoms with van der Waals surface area (Å²) in [6.45, 7) is 3.06. The highest BCUT2D eigenvalue weighted by Crippen LogP contribution is 2.40. The largest absolute Gasteiger partial charge is 0.378 e. The number of nitrogens with one attached hydrogen (secondary N) is 1. The van der Waals surface area contributed by atoms with E-state index in [0.29, 0.717) is 16.7 Å². The molecule has 2 aromatic heterocycles. The number of aliphatic hydroxyl groups is 1. The predicted octanol–water partition coefficient (Wildman–Crippen LogP) is 1.88. The highest BCUT2D eigenvalue weighted by atomic mass is 32.1. The molecule has 0 aliphatic heterocycles. The maximum absolute atomic E-state index is 12.3. The van der Waals surface area contributed by atoms with Crippen LogP contribution in [0.4, 0.5) is 5.13 Å². The Hall–Kier alpha value is -1.99. The number of aryl methyl sites for hydroxylation is 1. The molecule has 2 heterocycles. The molecular formula is C16H19N3O3S. The molecule has 0 radical (unpaired) electrons. The normalized spacial score (nSPS) is 16.8. The van der Waals surface area contributed by atoms with Gasteiger partial charge < -0.3 is 9.67 Å². The number of rotatable bonds is 5. The third-order valence-electron chi connectivity index (χ3n) is 3.96. The molecule has 0 aromatic carbocycles. The fourth-order valence-electron chi connectivity index (χ4n) is 2.35. The van der Waals surface area contributed by atoms with Crippen LogP contribution in [0.5, 0.6) is 0 Å². The van der Waals surface area contributed by atoms with E-state index in [1.54, 1.807) is 19.1 Å². The molecule has 1 amide bonds. The number of hydrogen-bond donors (Lipinski definition) is 2. The first-order valence-electron chi connectivity index (χ1n) is 7.52. The summed E-state index contributed by atoms with van der Waals surface area (Å²) in [5, 5.41) is 15.5. The van der Waals surface area contributed by atoms with Gasteiger partial charge in [0.2, 0.25) is 0 Å². The van der Waals surface area contributed by atoms with Crippen molar-refractivity contribution in [2.75, 3.05) is 5.32 Å². The fourth-order valence-corrected chi connectivity index (χ4v) is 3.13. The van der Waals surface area contributed by atoms with Crippen molar-refractivity contribution < 1.29 is 9.90 Å².